The number of amides is 1. The fourth-order valence-electron chi connectivity index (χ4n) is 3.30. The van der Waals surface area contributed by atoms with E-state index in [9.17, 15) is 4.79 Å². The average Bonchev–Trinajstić information content (AvgIpc) is 3.14. The number of fused-ring (bicyclic) bond motifs is 2. The van der Waals surface area contributed by atoms with Gasteiger partial charge in [-0.25, -0.2) is 0 Å². The van der Waals surface area contributed by atoms with Gasteiger partial charge in [-0.3, -0.25) is 4.79 Å². The molecule has 0 saturated carbocycles. The molecule has 1 amide bonds. The van der Waals surface area contributed by atoms with Crippen LogP contribution in [0, 0.1) is 0 Å². The van der Waals surface area contributed by atoms with Crippen molar-refractivity contribution in [3.8, 4) is 0 Å². The van der Waals surface area contributed by atoms with E-state index in [0.717, 1.165) is 37.1 Å². The minimum Gasteiger partial charge on any atom is -0.384 e. The van der Waals surface area contributed by atoms with Crippen molar-refractivity contribution < 1.29 is 4.79 Å². The van der Waals surface area contributed by atoms with Crippen LogP contribution in [0.2, 0.25) is 0 Å². The zero-order valence-electron chi connectivity index (χ0n) is 12.3. The number of halogens is 1. The third kappa shape index (κ3) is 2.69. The first kappa shape index (κ1) is 14.9. The lowest BCUT2D eigenvalue weighted by Gasteiger charge is -2.08. The molecule has 1 aliphatic carbocycles. The Bertz CT molecular complexity index is 727. The first-order valence-electron chi connectivity index (χ1n) is 7.59. The molecular formula is C18H19ClN2O. The SMILES string of the molecule is Cl.O=C(Nc1ccc2c(c1)CCN2)c1ccc2c(c1)CCC2. The smallest absolute Gasteiger partial charge is 0.255 e. The van der Waals surface area contributed by atoms with Crippen molar-refractivity contribution in [2.75, 3.05) is 17.2 Å². The second kappa shape index (κ2) is 6.01. The van der Waals surface area contributed by atoms with Crippen molar-refractivity contribution in [1.82, 2.24) is 0 Å². The van der Waals surface area contributed by atoms with Crippen molar-refractivity contribution in [1.29, 1.82) is 0 Å². The van der Waals surface area contributed by atoms with Gasteiger partial charge >= 0.3 is 0 Å². The molecule has 2 aromatic carbocycles. The van der Waals surface area contributed by atoms with Crippen LogP contribution in [0.4, 0.5) is 11.4 Å². The van der Waals surface area contributed by atoms with Crippen LogP contribution >= 0.6 is 12.4 Å². The molecule has 0 aromatic heterocycles. The van der Waals surface area contributed by atoms with Gasteiger partial charge in [0.1, 0.15) is 0 Å². The van der Waals surface area contributed by atoms with Crippen LogP contribution in [0.15, 0.2) is 36.4 Å². The first-order valence-corrected chi connectivity index (χ1v) is 7.59. The molecule has 4 rings (SSSR count). The number of hydrogen-bond acceptors (Lipinski definition) is 2. The zero-order valence-corrected chi connectivity index (χ0v) is 13.1. The standard InChI is InChI=1S/C18H18N2O.ClH/c21-18(15-5-4-12-2-1-3-13(12)10-15)20-16-6-7-17-14(11-16)8-9-19-17;/h4-7,10-11,19H,1-3,8-9H2,(H,20,21);1H. The highest BCUT2D eigenvalue weighted by atomic mass is 35.5. The lowest BCUT2D eigenvalue weighted by molar-refractivity contribution is 0.102. The molecule has 0 spiro atoms. The van der Waals surface area contributed by atoms with Gasteiger partial charge < -0.3 is 10.6 Å². The Kier molecular flexibility index (Phi) is 4.08. The third-order valence-corrected chi connectivity index (χ3v) is 4.43. The fraction of sp³-hybridized carbons (Fsp3) is 0.278. The molecule has 0 atom stereocenters. The minimum atomic E-state index is -0.0180. The summed E-state index contributed by atoms with van der Waals surface area (Å²) in [7, 11) is 0. The Hall–Kier alpha value is -2.00. The molecule has 2 aromatic rings. The summed E-state index contributed by atoms with van der Waals surface area (Å²) < 4.78 is 0. The van der Waals surface area contributed by atoms with Crippen LogP contribution in [-0.4, -0.2) is 12.5 Å². The Balaban J connectivity index is 0.00000144. The Morgan fingerprint density at radius 2 is 1.82 bits per heavy atom. The molecular weight excluding hydrogens is 296 g/mol. The normalized spacial score (nSPS) is 14.5. The van der Waals surface area contributed by atoms with Gasteiger partial charge in [-0.15, -0.1) is 12.4 Å². The highest BCUT2D eigenvalue weighted by Crippen LogP contribution is 2.26. The monoisotopic (exact) mass is 314 g/mol. The average molecular weight is 315 g/mol. The summed E-state index contributed by atoms with van der Waals surface area (Å²) in [5.74, 6) is -0.0180. The summed E-state index contributed by atoms with van der Waals surface area (Å²) in [5, 5.41) is 6.34. The summed E-state index contributed by atoms with van der Waals surface area (Å²) in [6, 6.07) is 12.2. The number of benzene rings is 2. The Morgan fingerprint density at radius 3 is 2.73 bits per heavy atom. The highest BCUT2D eigenvalue weighted by molar-refractivity contribution is 6.04. The zero-order chi connectivity index (χ0) is 14.2. The van der Waals surface area contributed by atoms with Crippen LogP contribution in [0.1, 0.15) is 33.5 Å². The molecule has 4 heteroatoms. The van der Waals surface area contributed by atoms with Gasteiger partial charge in [0.25, 0.3) is 5.91 Å². The van der Waals surface area contributed by atoms with Crippen molar-refractivity contribution in [2.45, 2.75) is 25.7 Å². The summed E-state index contributed by atoms with van der Waals surface area (Å²) in [5.41, 5.74) is 6.83. The Labute approximate surface area is 136 Å². The maximum atomic E-state index is 12.4. The molecule has 22 heavy (non-hydrogen) atoms. The van der Waals surface area contributed by atoms with Gasteiger partial charge in [0.15, 0.2) is 0 Å². The van der Waals surface area contributed by atoms with E-state index < -0.39 is 0 Å². The molecule has 2 N–H and O–H groups in total. The molecule has 0 radical (unpaired) electrons. The second-order valence-electron chi connectivity index (χ2n) is 5.84. The van der Waals surface area contributed by atoms with E-state index in [1.807, 2.05) is 24.3 Å². The van der Waals surface area contributed by atoms with E-state index in [1.54, 1.807) is 0 Å². The maximum absolute atomic E-state index is 12.4. The fourth-order valence-corrected chi connectivity index (χ4v) is 3.30. The van der Waals surface area contributed by atoms with Gasteiger partial charge in [0.2, 0.25) is 0 Å². The van der Waals surface area contributed by atoms with Gasteiger partial charge in [-0.2, -0.15) is 0 Å². The van der Waals surface area contributed by atoms with Crippen LogP contribution in [-0.2, 0) is 19.3 Å². The molecule has 114 valence electrons. The maximum Gasteiger partial charge on any atom is 0.255 e. The summed E-state index contributed by atoms with van der Waals surface area (Å²) in [6.45, 7) is 0.984. The topological polar surface area (TPSA) is 41.1 Å². The molecule has 1 aliphatic heterocycles. The van der Waals surface area contributed by atoms with E-state index in [4.69, 9.17) is 0 Å². The first-order chi connectivity index (χ1) is 10.3. The number of aryl methyl sites for hydroxylation is 2. The van der Waals surface area contributed by atoms with E-state index in [2.05, 4.69) is 22.8 Å². The largest absolute Gasteiger partial charge is 0.384 e. The van der Waals surface area contributed by atoms with E-state index in [0.29, 0.717) is 0 Å². The number of nitrogens with one attached hydrogen (secondary N) is 2. The van der Waals surface area contributed by atoms with Crippen molar-refractivity contribution in [2.24, 2.45) is 0 Å². The molecule has 2 aliphatic rings. The predicted molar refractivity (Wildman–Crippen MR) is 92.3 cm³/mol. The van der Waals surface area contributed by atoms with Gasteiger partial charge in [0, 0.05) is 23.5 Å². The molecule has 0 bridgehead atoms. The number of hydrogen-bond donors (Lipinski definition) is 2. The molecule has 1 heterocycles. The molecule has 3 nitrogen and oxygen atoms in total. The lowest BCUT2D eigenvalue weighted by Crippen LogP contribution is -2.12. The van der Waals surface area contributed by atoms with Gasteiger partial charge in [-0.1, -0.05) is 6.07 Å². The van der Waals surface area contributed by atoms with Crippen LogP contribution < -0.4 is 10.6 Å². The number of carbonyl (C=O) groups is 1. The lowest BCUT2D eigenvalue weighted by atomic mass is 10.1. The number of rotatable bonds is 2. The van der Waals surface area contributed by atoms with Crippen molar-refractivity contribution >= 4 is 29.7 Å². The molecule has 0 fully saturated rings. The van der Waals surface area contributed by atoms with E-state index in [-0.39, 0.29) is 18.3 Å². The van der Waals surface area contributed by atoms with Gasteiger partial charge in [0.05, 0.1) is 0 Å². The van der Waals surface area contributed by atoms with Gasteiger partial charge in [-0.05, 0) is 72.7 Å². The number of anilines is 2. The summed E-state index contributed by atoms with van der Waals surface area (Å²) >= 11 is 0. The molecule has 0 saturated heterocycles. The van der Waals surface area contributed by atoms with Crippen molar-refractivity contribution in [3.63, 3.8) is 0 Å². The van der Waals surface area contributed by atoms with Crippen LogP contribution in [0.5, 0.6) is 0 Å². The summed E-state index contributed by atoms with van der Waals surface area (Å²) in [4.78, 5) is 12.4. The van der Waals surface area contributed by atoms with E-state index in [1.165, 1.54) is 28.8 Å². The predicted octanol–water partition coefficient (Wildman–Crippen LogP) is 3.82. The second-order valence-corrected chi connectivity index (χ2v) is 5.84. The quantitative estimate of drug-likeness (QED) is 0.885. The van der Waals surface area contributed by atoms with Crippen molar-refractivity contribution in [3.05, 3.63) is 58.7 Å². The van der Waals surface area contributed by atoms with Crippen LogP contribution in [0.3, 0.4) is 0 Å². The third-order valence-electron chi connectivity index (χ3n) is 4.43. The number of carbonyl (C=O) groups excluding carboxylic acids is 1. The molecule has 0 unspecified atom stereocenters. The summed E-state index contributed by atoms with van der Waals surface area (Å²) in [6.07, 6.45) is 4.48. The van der Waals surface area contributed by atoms with Crippen LogP contribution in [0.25, 0.3) is 0 Å². The Morgan fingerprint density at radius 1 is 0.955 bits per heavy atom. The van der Waals surface area contributed by atoms with E-state index >= 15 is 0 Å². The highest BCUT2D eigenvalue weighted by Gasteiger charge is 2.15. The minimum absolute atomic E-state index is 0.